The minimum atomic E-state index is -0.889. The van der Waals surface area contributed by atoms with E-state index in [1.165, 1.54) is 24.0 Å². The van der Waals surface area contributed by atoms with E-state index >= 15 is 0 Å². The summed E-state index contributed by atoms with van der Waals surface area (Å²) in [5.41, 5.74) is 5.23. The van der Waals surface area contributed by atoms with Gasteiger partial charge in [0.25, 0.3) is 0 Å². The van der Waals surface area contributed by atoms with Gasteiger partial charge in [-0.25, -0.2) is 4.79 Å². The molecule has 0 spiro atoms. The van der Waals surface area contributed by atoms with Crippen LogP contribution < -0.4 is 0 Å². The molecule has 0 amide bonds. The van der Waals surface area contributed by atoms with Gasteiger partial charge < -0.3 is 5.11 Å². The van der Waals surface area contributed by atoms with Gasteiger partial charge in [-0.05, 0) is 59.6 Å². The third-order valence-corrected chi connectivity index (χ3v) is 4.39. The van der Waals surface area contributed by atoms with Crippen LogP contribution >= 0.6 is 0 Å². The summed E-state index contributed by atoms with van der Waals surface area (Å²) in [6.07, 6.45) is 5.97. The highest BCUT2D eigenvalue weighted by molar-refractivity contribution is 5.88. The number of hydrogen-bond donors (Lipinski definition) is 1. The van der Waals surface area contributed by atoms with Gasteiger partial charge in [0.2, 0.25) is 0 Å². The maximum atomic E-state index is 10.9. The summed E-state index contributed by atoms with van der Waals surface area (Å²) in [4.78, 5) is 10.9. The number of rotatable bonds is 3. The molecule has 0 fully saturated rings. The van der Waals surface area contributed by atoms with E-state index in [1.807, 2.05) is 12.1 Å². The number of carboxylic acid groups (broad SMARTS) is 1. The molecule has 112 valence electrons. The van der Waals surface area contributed by atoms with Crippen LogP contribution in [-0.2, 0) is 0 Å². The van der Waals surface area contributed by atoms with Gasteiger partial charge in [-0.1, -0.05) is 49.4 Å². The first-order valence-electron chi connectivity index (χ1n) is 7.76. The molecule has 1 aliphatic carbocycles. The normalized spacial score (nSPS) is 17.9. The minimum Gasteiger partial charge on any atom is -0.478 e. The summed E-state index contributed by atoms with van der Waals surface area (Å²) >= 11 is 0. The zero-order valence-corrected chi connectivity index (χ0v) is 12.8. The Morgan fingerprint density at radius 1 is 0.955 bits per heavy atom. The van der Waals surface area contributed by atoms with Crippen molar-refractivity contribution in [3.05, 3.63) is 65.7 Å². The molecular weight excluding hydrogens is 272 g/mol. The van der Waals surface area contributed by atoms with Gasteiger partial charge in [0, 0.05) is 0 Å². The molecule has 0 aromatic heterocycles. The van der Waals surface area contributed by atoms with Crippen LogP contribution in [0.2, 0.25) is 0 Å². The van der Waals surface area contributed by atoms with Crippen LogP contribution in [-0.4, -0.2) is 11.1 Å². The fourth-order valence-corrected chi connectivity index (χ4v) is 2.91. The average Bonchev–Trinajstić information content (AvgIpc) is 2.56. The third kappa shape index (κ3) is 3.11. The van der Waals surface area contributed by atoms with E-state index in [0.717, 1.165) is 23.5 Å². The first-order chi connectivity index (χ1) is 10.6. The summed E-state index contributed by atoms with van der Waals surface area (Å²) in [5.74, 6) is -0.0869. The molecule has 2 aromatic carbocycles. The van der Waals surface area contributed by atoms with Crippen LogP contribution in [0.3, 0.4) is 0 Å². The summed E-state index contributed by atoms with van der Waals surface area (Å²) in [7, 11) is 0. The lowest BCUT2D eigenvalue weighted by Crippen LogP contribution is -2.00. The maximum Gasteiger partial charge on any atom is 0.335 e. The van der Waals surface area contributed by atoms with Crippen molar-refractivity contribution in [2.75, 3.05) is 0 Å². The summed E-state index contributed by atoms with van der Waals surface area (Å²) < 4.78 is 0. The maximum absolute atomic E-state index is 10.9. The van der Waals surface area contributed by atoms with E-state index in [1.54, 1.807) is 12.1 Å². The number of carboxylic acids is 1. The lowest BCUT2D eigenvalue weighted by atomic mass is 9.87. The van der Waals surface area contributed by atoms with Gasteiger partial charge >= 0.3 is 5.97 Å². The lowest BCUT2D eigenvalue weighted by molar-refractivity contribution is 0.0697. The van der Waals surface area contributed by atoms with E-state index in [2.05, 4.69) is 37.3 Å². The van der Waals surface area contributed by atoms with Gasteiger partial charge in [-0.2, -0.15) is 0 Å². The van der Waals surface area contributed by atoms with Gasteiger partial charge in [-0.3, -0.25) is 0 Å². The molecule has 0 heterocycles. The molecule has 0 bridgehead atoms. The number of aromatic carboxylic acids is 1. The Hall–Kier alpha value is -2.35. The zero-order valence-electron chi connectivity index (χ0n) is 12.8. The number of hydrogen-bond acceptors (Lipinski definition) is 1. The highest BCUT2D eigenvalue weighted by Gasteiger charge is 2.11. The van der Waals surface area contributed by atoms with Gasteiger partial charge in [0.15, 0.2) is 0 Å². The van der Waals surface area contributed by atoms with Crippen LogP contribution in [0.15, 0.2) is 54.6 Å². The molecule has 22 heavy (non-hydrogen) atoms. The zero-order chi connectivity index (χ0) is 15.5. The summed E-state index contributed by atoms with van der Waals surface area (Å²) in [6, 6.07) is 15.6. The minimum absolute atomic E-state index is 0.321. The Kier molecular flexibility index (Phi) is 4.10. The van der Waals surface area contributed by atoms with Crippen molar-refractivity contribution in [2.45, 2.75) is 26.2 Å². The Labute approximate surface area is 131 Å². The molecule has 2 aromatic rings. The lowest BCUT2D eigenvalue weighted by Gasteiger charge is -2.18. The Morgan fingerprint density at radius 2 is 1.50 bits per heavy atom. The second-order valence-corrected chi connectivity index (χ2v) is 6.07. The fraction of sp³-hybridized carbons (Fsp3) is 0.250. The van der Waals surface area contributed by atoms with Crippen molar-refractivity contribution in [1.29, 1.82) is 0 Å². The van der Waals surface area contributed by atoms with E-state index < -0.39 is 5.97 Å². The quantitative estimate of drug-likeness (QED) is 0.838. The third-order valence-electron chi connectivity index (χ3n) is 4.39. The average molecular weight is 292 g/mol. The molecule has 1 unspecified atom stereocenters. The van der Waals surface area contributed by atoms with E-state index in [-0.39, 0.29) is 0 Å². The van der Waals surface area contributed by atoms with Crippen LogP contribution in [0, 0.1) is 5.92 Å². The van der Waals surface area contributed by atoms with E-state index in [0.29, 0.717) is 5.56 Å². The first kappa shape index (κ1) is 14.6. The first-order valence-corrected chi connectivity index (χ1v) is 7.76. The standard InChI is InChI=1S/C20H20O2/c1-14-2-4-15(5-3-14)16-6-8-17(9-7-16)18-10-12-19(13-11-18)20(21)22/h4,6-14H,2-3,5H2,1H3,(H,21,22). The van der Waals surface area contributed by atoms with E-state index in [4.69, 9.17) is 5.11 Å². The Balaban J connectivity index is 1.80. The molecule has 1 aliphatic rings. The molecule has 0 aliphatic heterocycles. The highest BCUT2D eigenvalue weighted by Crippen LogP contribution is 2.31. The van der Waals surface area contributed by atoms with Gasteiger partial charge in [0.1, 0.15) is 0 Å². The predicted molar refractivity (Wildman–Crippen MR) is 89.8 cm³/mol. The van der Waals surface area contributed by atoms with Crippen LogP contribution in [0.1, 0.15) is 42.1 Å². The second-order valence-electron chi connectivity index (χ2n) is 6.07. The number of carbonyl (C=O) groups is 1. The topological polar surface area (TPSA) is 37.3 Å². The largest absolute Gasteiger partial charge is 0.478 e. The van der Waals surface area contributed by atoms with Crippen LogP contribution in [0.25, 0.3) is 16.7 Å². The van der Waals surface area contributed by atoms with Crippen molar-refractivity contribution in [3.8, 4) is 11.1 Å². The fourth-order valence-electron chi connectivity index (χ4n) is 2.91. The molecule has 1 atom stereocenters. The molecule has 2 heteroatoms. The Bertz CT molecular complexity index is 693. The number of allylic oxidation sites excluding steroid dienone is 2. The molecule has 2 nitrogen and oxygen atoms in total. The highest BCUT2D eigenvalue weighted by atomic mass is 16.4. The van der Waals surface area contributed by atoms with Gasteiger partial charge in [-0.15, -0.1) is 0 Å². The van der Waals surface area contributed by atoms with Crippen molar-refractivity contribution in [3.63, 3.8) is 0 Å². The van der Waals surface area contributed by atoms with Crippen molar-refractivity contribution < 1.29 is 9.90 Å². The van der Waals surface area contributed by atoms with Crippen LogP contribution in [0.5, 0.6) is 0 Å². The monoisotopic (exact) mass is 292 g/mol. The molecule has 0 radical (unpaired) electrons. The molecule has 0 saturated carbocycles. The molecule has 1 N–H and O–H groups in total. The number of benzene rings is 2. The second kappa shape index (κ2) is 6.18. The van der Waals surface area contributed by atoms with Crippen LogP contribution in [0.4, 0.5) is 0 Å². The molecule has 3 rings (SSSR count). The Morgan fingerprint density at radius 3 is 2.00 bits per heavy atom. The van der Waals surface area contributed by atoms with Gasteiger partial charge in [0.05, 0.1) is 5.56 Å². The SMILES string of the molecule is CC1CC=C(c2ccc(-c3ccc(C(=O)O)cc3)cc2)CC1. The van der Waals surface area contributed by atoms with Crippen molar-refractivity contribution in [2.24, 2.45) is 5.92 Å². The molecule has 0 saturated heterocycles. The summed E-state index contributed by atoms with van der Waals surface area (Å²) in [5, 5.41) is 8.94. The van der Waals surface area contributed by atoms with Crippen molar-refractivity contribution >= 4 is 11.5 Å². The predicted octanol–water partition coefficient (Wildman–Crippen LogP) is 5.26. The van der Waals surface area contributed by atoms with Crippen molar-refractivity contribution in [1.82, 2.24) is 0 Å². The molecular formula is C20H20O2. The summed E-state index contributed by atoms with van der Waals surface area (Å²) in [6.45, 7) is 2.30. The smallest absolute Gasteiger partial charge is 0.335 e. The van der Waals surface area contributed by atoms with E-state index in [9.17, 15) is 4.79 Å².